The second-order valence-corrected chi connectivity index (χ2v) is 6.00. The molecule has 6 heteroatoms. The molecule has 1 aromatic carbocycles. The largest absolute Gasteiger partial charge is 0.453 e. The third-order valence-corrected chi connectivity index (χ3v) is 4.29. The molecule has 0 fully saturated rings. The summed E-state index contributed by atoms with van der Waals surface area (Å²) in [4.78, 5) is 10.7. The summed E-state index contributed by atoms with van der Waals surface area (Å²) in [7, 11) is 0. The van der Waals surface area contributed by atoms with E-state index in [4.69, 9.17) is 4.42 Å². The lowest BCUT2D eigenvalue weighted by molar-refractivity contribution is 0.110. The standard InChI is InChI=1S/C20H18N4O2/c1-3-23-12-18(14(2)21-23)19-10-11-24(22-19)16-6-4-15(5-7-16)20-9-8-17(13-25)26-20/h4-13H,3H2,1-2H3. The smallest absolute Gasteiger partial charge is 0.185 e. The van der Waals surface area contributed by atoms with E-state index in [0.29, 0.717) is 17.8 Å². The Morgan fingerprint density at radius 3 is 2.54 bits per heavy atom. The van der Waals surface area contributed by atoms with Crippen molar-refractivity contribution in [2.24, 2.45) is 0 Å². The van der Waals surface area contributed by atoms with E-state index in [1.54, 1.807) is 12.1 Å². The van der Waals surface area contributed by atoms with Crippen LogP contribution in [0.1, 0.15) is 23.2 Å². The average molecular weight is 346 g/mol. The minimum atomic E-state index is 0.323. The Bertz CT molecular complexity index is 1050. The van der Waals surface area contributed by atoms with Gasteiger partial charge in [0, 0.05) is 30.1 Å². The van der Waals surface area contributed by atoms with E-state index in [1.165, 1.54) is 0 Å². The summed E-state index contributed by atoms with van der Waals surface area (Å²) in [5, 5.41) is 9.15. The topological polar surface area (TPSA) is 65.8 Å². The summed E-state index contributed by atoms with van der Waals surface area (Å²) >= 11 is 0. The summed E-state index contributed by atoms with van der Waals surface area (Å²) < 4.78 is 9.20. The van der Waals surface area contributed by atoms with Crippen molar-refractivity contribution >= 4 is 6.29 Å². The summed E-state index contributed by atoms with van der Waals surface area (Å²) in [6, 6.07) is 13.3. The Hall–Kier alpha value is -3.41. The molecule has 0 saturated heterocycles. The van der Waals surface area contributed by atoms with Crippen LogP contribution in [-0.2, 0) is 6.54 Å². The van der Waals surface area contributed by atoms with Gasteiger partial charge in [-0.15, -0.1) is 0 Å². The highest BCUT2D eigenvalue weighted by Crippen LogP contribution is 2.24. The van der Waals surface area contributed by atoms with E-state index >= 15 is 0 Å². The van der Waals surface area contributed by atoms with Gasteiger partial charge in [0.15, 0.2) is 12.0 Å². The first-order chi connectivity index (χ1) is 12.7. The molecule has 26 heavy (non-hydrogen) atoms. The first-order valence-electron chi connectivity index (χ1n) is 8.44. The quantitative estimate of drug-likeness (QED) is 0.510. The number of carbonyl (C=O) groups excluding carboxylic acids is 1. The summed E-state index contributed by atoms with van der Waals surface area (Å²) in [5.74, 6) is 0.992. The van der Waals surface area contributed by atoms with Crippen molar-refractivity contribution in [3.63, 3.8) is 0 Å². The van der Waals surface area contributed by atoms with Crippen LogP contribution in [0.25, 0.3) is 28.3 Å². The molecule has 0 spiro atoms. The van der Waals surface area contributed by atoms with Gasteiger partial charge in [-0.05, 0) is 56.3 Å². The molecule has 0 saturated carbocycles. The molecule has 0 radical (unpaired) electrons. The Balaban J connectivity index is 1.61. The highest BCUT2D eigenvalue weighted by Gasteiger charge is 2.11. The van der Waals surface area contributed by atoms with Crippen LogP contribution >= 0.6 is 0 Å². The summed E-state index contributed by atoms with van der Waals surface area (Å²) in [5.41, 5.74) is 4.76. The van der Waals surface area contributed by atoms with E-state index in [1.807, 2.05) is 59.0 Å². The highest BCUT2D eigenvalue weighted by molar-refractivity contribution is 5.73. The van der Waals surface area contributed by atoms with Crippen molar-refractivity contribution in [1.29, 1.82) is 0 Å². The molecular weight excluding hydrogens is 328 g/mol. The van der Waals surface area contributed by atoms with Gasteiger partial charge in [0.05, 0.1) is 17.1 Å². The fourth-order valence-electron chi connectivity index (χ4n) is 2.89. The van der Waals surface area contributed by atoms with E-state index in [-0.39, 0.29) is 0 Å². The molecule has 0 bridgehead atoms. The molecule has 3 heterocycles. The molecule has 3 aromatic heterocycles. The first kappa shape index (κ1) is 16.1. The molecule has 6 nitrogen and oxygen atoms in total. The minimum absolute atomic E-state index is 0.323. The van der Waals surface area contributed by atoms with Crippen molar-refractivity contribution < 1.29 is 9.21 Å². The van der Waals surface area contributed by atoms with Crippen LogP contribution in [-0.4, -0.2) is 25.8 Å². The summed E-state index contributed by atoms with van der Waals surface area (Å²) in [6.45, 7) is 4.89. The maximum absolute atomic E-state index is 10.7. The lowest BCUT2D eigenvalue weighted by Gasteiger charge is -2.03. The zero-order valence-corrected chi connectivity index (χ0v) is 14.6. The minimum Gasteiger partial charge on any atom is -0.453 e. The number of furan rings is 1. The molecule has 4 rings (SSSR count). The van der Waals surface area contributed by atoms with Crippen molar-refractivity contribution in [2.45, 2.75) is 20.4 Å². The number of aryl methyl sites for hydroxylation is 2. The Morgan fingerprint density at radius 1 is 1.08 bits per heavy atom. The number of rotatable bonds is 5. The van der Waals surface area contributed by atoms with Gasteiger partial charge >= 0.3 is 0 Å². The Labute approximate surface area is 150 Å². The molecule has 0 amide bonds. The zero-order valence-electron chi connectivity index (χ0n) is 14.6. The molecule has 0 aliphatic carbocycles. The van der Waals surface area contributed by atoms with Gasteiger partial charge < -0.3 is 4.42 Å². The number of aldehydes is 1. The third-order valence-electron chi connectivity index (χ3n) is 4.29. The predicted molar refractivity (Wildman–Crippen MR) is 98.3 cm³/mol. The van der Waals surface area contributed by atoms with Crippen LogP contribution in [0.2, 0.25) is 0 Å². The molecule has 0 unspecified atom stereocenters. The number of hydrogen-bond donors (Lipinski definition) is 0. The maximum atomic E-state index is 10.7. The Morgan fingerprint density at radius 2 is 1.88 bits per heavy atom. The van der Waals surface area contributed by atoms with Crippen molar-refractivity contribution in [1.82, 2.24) is 19.6 Å². The van der Waals surface area contributed by atoms with Crippen LogP contribution in [0.15, 0.2) is 59.3 Å². The van der Waals surface area contributed by atoms with E-state index < -0.39 is 0 Å². The van der Waals surface area contributed by atoms with E-state index in [9.17, 15) is 4.79 Å². The first-order valence-corrected chi connectivity index (χ1v) is 8.44. The second kappa shape index (κ2) is 6.48. The molecule has 130 valence electrons. The number of hydrogen-bond acceptors (Lipinski definition) is 4. The van der Waals surface area contributed by atoms with Crippen molar-refractivity contribution in [3.8, 4) is 28.3 Å². The van der Waals surface area contributed by atoms with Crippen LogP contribution in [0.5, 0.6) is 0 Å². The predicted octanol–water partition coefficient (Wildman–Crippen LogP) is 4.14. The number of nitrogens with zero attached hydrogens (tertiary/aromatic N) is 4. The van der Waals surface area contributed by atoms with Crippen LogP contribution in [0.4, 0.5) is 0 Å². The maximum Gasteiger partial charge on any atom is 0.185 e. The zero-order chi connectivity index (χ0) is 18.1. The van der Waals surface area contributed by atoms with E-state index in [2.05, 4.69) is 17.1 Å². The van der Waals surface area contributed by atoms with Gasteiger partial charge in [-0.25, -0.2) is 4.68 Å². The summed E-state index contributed by atoms with van der Waals surface area (Å²) in [6.07, 6.45) is 4.66. The van der Waals surface area contributed by atoms with Crippen LogP contribution < -0.4 is 0 Å². The van der Waals surface area contributed by atoms with Gasteiger partial charge in [-0.3, -0.25) is 9.48 Å². The van der Waals surface area contributed by atoms with Gasteiger partial charge in [-0.2, -0.15) is 10.2 Å². The SMILES string of the molecule is CCn1cc(-c2ccn(-c3ccc(-c4ccc(C=O)o4)cc3)n2)c(C)n1. The molecule has 0 atom stereocenters. The van der Waals surface area contributed by atoms with Crippen LogP contribution in [0.3, 0.4) is 0 Å². The monoisotopic (exact) mass is 346 g/mol. The number of carbonyl (C=O) groups is 1. The Kier molecular flexibility index (Phi) is 4.01. The average Bonchev–Trinajstić information content (AvgIpc) is 3.40. The van der Waals surface area contributed by atoms with Gasteiger partial charge in [-0.1, -0.05) is 0 Å². The second-order valence-electron chi connectivity index (χ2n) is 6.00. The normalized spacial score (nSPS) is 11.0. The molecule has 0 aliphatic rings. The van der Waals surface area contributed by atoms with Crippen molar-refractivity contribution in [2.75, 3.05) is 0 Å². The fraction of sp³-hybridized carbons (Fsp3) is 0.150. The van der Waals surface area contributed by atoms with Crippen LogP contribution in [0, 0.1) is 6.92 Å². The fourth-order valence-corrected chi connectivity index (χ4v) is 2.89. The highest BCUT2D eigenvalue weighted by atomic mass is 16.3. The van der Waals surface area contributed by atoms with Gasteiger partial charge in [0.1, 0.15) is 5.76 Å². The molecule has 0 aliphatic heterocycles. The lowest BCUT2D eigenvalue weighted by Crippen LogP contribution is -1.94. The van der Waals surface area contributed by atoms with Gasteiger partial charge in [0.2, 0.25) is 0 Å². The molecular formula is C20H18N4O2. The number of aromatic nitrogens is 4. The van der Waals surface area contributed by atoms with Gasteiger partial charge in [0.25, 0.3) is 0 Å². The van der Waals surface area contributed by atoms with Crippen molar-refractivity contribution in [3.05, 3.63) is 66.3 Å². The van der Waals surface area contributed by atoms with E-state index in [0.717, 1.165) is 34.7 Å². The molecule has 0 N–H and O–H groups in total. The third kappa shape index (κ3) is 2.86. The molecule has 4 aromatic rings. The lowest BCUT2D eigenvalue weighted by atomic mass is 10.1. The number of benzene rings is 1.